The van der Waals surface area contributed by atoms with Gasteiger partial charge in [-0.05, 0) is 55.5 Å². The van der Waals surface area contributed by atoms with Crippen molar-refractivity contribution in [3.8, 4) is 5.75 Å². The summed E-state index contributed by atoms with van der Waals surface area (Å²) in [6.07, 6.45) is 3.63. The fraction of sp³-hybridized carbons (Fsp3) is 0.350. The molecule has 2 aromatic carbocycles. The zero-order valence-corrected chi connectivity index (χ0v) is 14.1. The second-order valence-electron chi connectivity index (χ2n) is 6.36. The minimum atomic E-state index is -0.262. The fourth-order valence-corrected chi connectivity index (χ4v) is 3.05. The van der Waals surface area contributed by atoms with Gasteiger partial charge in [0, 0.05) is 12.6 Å². The molecule has 1 aliphatic carbocycles. The maximum Gasteiger partial charge on any atom is 0.315 e. The maximum absolute atomic E-state index is 12.9. The summed E-state index contributed by atoms with van der Waals surface area (Å²) in [5.41, 5.74) is 1.08. The fourth-order valence-electron chi connectivity index (χ4n) is 3.05. The Kier molecular flexibility index (Phi) is 5.88. The van der Waals surface area contributed by atoms with Crippen molar-refractivity contribution in [2.75, 3.05) is 0 Å². The number of rotatable bonds is 5. The van der Waals surface area contributed by atoms with Crippen molar-refractivity contribution in [2.45, 2.75) is 44.4 Å². The van der Waals surface area contributed by atoms with Crippen molar-refractivity contribution >= 4 is 6.03 Å². The highest BCUT2D eigenvalue weighted by molar-refractivity contribution is 5.74. The number of nitrogens with one attached hydrogen (secondary N) is 2. The molecule has 1 aliphatic rings. The number of hydrogen-bond acceptors (Lipinski definition) is 2. The zero-order chi connectivity index (χ0) is 17.5. The molecule has 2 amide bonds. The van der Waals surface area contributed by atoms with Gasteiger partial charge in [0.2, 0.25) is 0 Å². The van der Waals surface area contributed by atoms with Gasteiger partial charge in [0.1, 0.15) is 11.6 Å². The van der Waals surface area contributed by atoms with Crippen LogP contribution in [0.1, 0.15) is 31.2 Å². The van der Waals surface area contributed by atoms with Crippen LogP contribution in [0.25, 0.3) is 0 Å². The number of benzene rings is 2. The molecule has 1 saturated carbocycles. The summed E-state index contributed by atoms with van der Waals surface area (Å²) in [5.74, 6) is 0.431. The lowest BCUT2D eigenvalue weighted by molar-refractivity contribution is 0.140. The van der Waals surface area contributed by atoms with Gasteiger partial charge in [0.05, 0.1) is 6.10 Å². The van der Waals surface area contributed by atoms with Crippen LogP contribution in [0.3, 0.4) is 0 Å². The van der Waals surface area contributed by atoms with Crippen LogP contribution in [0.4, 0.5) is 9.18 Å². The first-order valence-electron chi connectivity index (χ1n) is 8.69. The number of urea groups is 1. The molecule has 1 fully saturated rings. The lowest BCUT2D eigenvalue weighted by atomic mass is 9.93. The molecule has 132 valence electrons. The second kappa shape index (κ2) is 8.51. The lowest BCUT2D eigenvalue weighted by Gasteiger charge is -2.29. The molecule has 0 unspecified atom stereocenters. The van der Waals surface area contributed by atoms with Crippen molar-refractivity contribution in [3.63, 3.8) is 0 Å². The molecular weight excluding hydrogens is 319 g/mol. The molecule has 0 heterocycles. The molecule has 0 atom stereocenters. The summed E-state index contributed by atoms with van der Waals surface area (Å²) < 4.78 is 18.8. The number of halogens is 1. The van der Waals surface area contributed by atoms with Gasteiger partial charge in [-0.25, -0.2) is 9.18 Å². The van der Waals surface area contributed by atoms with E-state index in [1.165, 1.54) is 12.1 Å². The van der Waals surface area contributed by atoms with Gasteiger partial charge in [0.25, 0.3) is 0 Å². The van der Waals surface area contributed by atoms with Gasteiger partial charge < -0.3 is 15.4 Å². The van der Waals surface area contributed by atoms with Gasteiger partial charge in [-0.2, -0.15) is 0 Å². The molecule has 4 nitrogen and oxygen atoms in total. The summed E-state index contributed by atoms with van der Waals surface area (Å²) in [6, 6.07) is 16.0. The van der Waals surface area contributed by atoms with Gasteiger partial charge in [-0.1, -0.05) is 30.3 Å². The number of hydrogen-bond donors (Lipinski definition) is 2. The van der Waals surface area contributed by atoms with E-state index in [4.69, 9.17) is 4.74 Å². The predicted octanol–water partition coefficient (Wildman–Crippen LogP) is 4.02. The van der Waals surface area contributed by atoms with Crippen molar-refractivity contribution in [3.05, 3.63) is 66.0 Å². The normalized spacial score (nSPS) is 19.9. The van der Waals surface area contributed by atoms with Crippen LogP contribution >= 0.6 is 0 Å². The van der Waals surface area contributed by atoms with E-state index in [2.05, 4.69) is 10.6 Å². The van der Waals surface area contributed by atoms with Gasteiger partial charge in [-0.15, -0.1) is 0 Å². The summed E-state index contributed by atoms with van der Waals surface area (Å²) in [4.78, 5) is 12.0. The van der Waals surface area contributed by atoms with Crippen LogP contribution in [0.5, 0.6) is 5.75 Å². The topological polar surface area (TPSA) is 50.4 Å². The van der Waals surface area contributed by atoms with Crippen molar-refractivity contribution in [2.24, 2.45) is 0 Å². The molecule has 5 heteroatoms. The van der Waals surface area contributed by atoms with Gasteiger partial charge in [0.15, 0.2) is 0 Å². The molecule has 0 aliphatic heterocycles. The molecular formula is C20H23FN2O2. The van der Waals surface area contributed by atoms with Crippen molar-refractivity contribution in [1.82, 2.24) is 10.6 Å². The number of carbonyl (C=O) groups excluding carboxylic acids is 1. The predicted molar refractivity (Wildman–Crippen MR) is 94.9 cm³/mol. The first-order valence-corrected chi connectivity index (χ1v) is 8.69. The Balaban J connectivity index is 1.37. The number of ether oxygens (including phenoxy) is 1. The highest BCUT2D eigenvalue weighted by Gasteiger charge is 2.23. The van der Waals surface area contributed by atoms with Crippen molar-refractivity contribution in [1.29, 1.82) is 0 Å². The molecule has 3 rings (SSSR count). The van der Waals surface area contributed by atoms with Crippen LogP contribution < -0.4 is 15.4 Å². The van der Waals surface area contributed by atoms with Crippen molar-refractivity contribution < 1.29 is 13.9 Å². The Morgan fingerprint density at radius 3 is 2.36 bits per heavy atom. The number of amides is 2. The Hall–Kier alpha value is -2.56. The lowest BCUT2D eigenvalue weighted by Crippen LogP contribution is -2.44. The molecule has 0 radical (unpaired) electrons. The third-order valence-electron chi connectivity index (χ3n) is 4.42. The molecule has 25 heavy (non-hydrogen) atoms. The molecule has 2 N–H and O–H groups in total. The van der Waals surface area contributed by atoms with E-state index in [0.717, 1.165) is 31.2 Å². The summed E-state index contributed by atoms with van der Waals surface area (Å²) >= 11 is 0. The standard InChI is InChI=1S/C20H23FN2O2/c21-16-6-10-18(11-7-16)25-19-12-8-17(9-13-19)23-20(24)22-14-15-4-2-1-3-5-15/h1-7,10-11,17,19H,8-9,12-14H2,(H2,22,23,24). The molecule has 0 aromatic heterocycles. The Morgan fingerprint density at radius 2 is 1.68 bits per heavy atom. The van der Waals surface area contributed by atoms with Gasteiger partial charge >= 0.3 is 6.03 Å². The molecule has 0 bridgehead atoms. The highest BCUT2D eigenvalue weighted by Crippen LogP contribution is 2.24. The molecule has 0 spiro atoms. The van der Waals surface area contributed by atoms with E-state index in [9.17, 15) is 9.18 Å². The Bertz CT molecular complexity index is 668. The summed E-state index contributed by atoms with van der Waals surface area (Å²) in [6.45, 7) is 0.524. The minimum Gasteiger partial charge on any atom is -0.490 e. The average Bonchev–Trinajstić information content (AvgIpc) is 2.64. The highest BCUT2D eigenvalue weighted by atomic mass is 19.1. The second-order valence-corrected chi connectivity index (χ2v) is 6.36. The van der Waals surface area contributed by atoms with E-state index in [1.54, 1.807) is 12.1 Å². The Labute approximate surface area is 147 Å². The van der Waals surface area contributed by atoms with Gasteiger partial charge in [-0.3, -0.25) is 0 Å². The van der Waals surface area contributed by atoms with E-state index in [0.29, 0.717) is 12.3 Å². The SMILES string of the molecule is O=C(NCc1ccccc1)NC1CCC(Oc2ccc(F)cc2)CC1. The zero-order valence-electron chi connectivity index (χ0n) is 14.1. The van der Waals surface area contributed by atoms with Crippen LogP contribution in [-0.4, -0.2) is 18.2 Å². The summed E-state index contributed by atoms with van der Waals surface area (Å²) in [7, 11) is 0. The Morgan fingerprint density at radius 1 is 1.00 bits per heavy atom. The van der Waals surface area contributed by atoms with E-state index < -0.39 is 0 Å². The average molecular weight is 342 g/mol. The van der Waals surface area contributed by atoms with Crippen LogP contribution in [0.15, 0.2) is 54.6 Å². The first kappa shape index (κ1) is 17.3. The smallest absolute Gasteiger partial charge is 0.315 e. The first-order chi connectivity index (χ1) is 12.2. The molecule has 0 saturated heterocycles. The molecule has 2 aromatic rings. The maximum atomic E-state index is 12.9. The van der Waals surface area contributed by atoms with E-state index >= 15 is 0 Å². The van der Waals surface area contributed by atoms with Crippen LogP contribution in [-0.2, 0) is 6.54 Å². The van der Waals surface area contributed by atoms with Crippen LogP contribution in [0, 0.1) is 5.82 Å². The largest absolute Gasteiger partial charge is 0.490 e. The quantitative estimate of drug-likeness (QED) is 0.862. The van der Waals surface area contributed by atoms with Crippen LogP contribution in [0.2, 0.25) is 0 Å². The van der Waals surface area contributed by atoms with E-state index in [-0.39, 0.29) is 24.0 Å². The van der Waals surface area contributed by atoms with E-state index in [1.807, 2.05) is 30.3 Å². The number of carbonyl (C=O) groups is 1. The third-order valence-corrected chi connectivity index (χ3v) is 4.42. The third kappa shape index (κ3) is 5.48. The monoisotopic (exact) mass is 342 g/mol. The minimum absolute atomic E-state index is 0.121. The summed E-state index contributed by atoms with van der Waals surface area (Å²) in [5, 5.41) is 5.91.